The molecule has 244 valence electrons. The smallest absolute Gasteiger partial charge is 0.287 e. The summed E-state index contributed by atoms with van der Waals surface area (Å²) in [6.07, 6.45) is 2.67. The van der Waals surface area contributed by atoms with Crippen molar-refractivity contribution >= 4 is 46.0 Å². The first-order valence-corrected chi connectivity index (χ1v) is 16.0. The van der Waals surface area contributed by atoms with Crippen LogP contribution in [0.4, 0.5) is 5.69 Å². The Morgan fingerprint density at radius 2 is 1.66 bits per heavy atom. The fraction of sp³-hybridized carbons (Fsp3) is 0.314. The van der Waals surface area contributed by atoms with Gasteiger partial charge in [0.25, 0.3) is 5.91 Å². The number of phenolic OH excluding ortho intramolecular Hbond substituents is 2. The topological polar surface area (TPSA) is 144 Å². The van der Waals surface area contributed by atoms with Crippen molar-refractivity contribution < 1.29 is 29.0 Å². The van der Waals surface area contributed by atoms with Crippen LogP contribution < -0.4 is 15.6 Å². The lowest BCUT2D eigenvalue weighted by atomic mass is 10.0. The van der Waals surface area contributed by atoms with Gasteiger partial charge in [0.15, 0.2) is 11.2 Å². The molecule has 0 saturated carbocycles. The monoisotopic (exact) mass is 658 g/mol. The van der Waals surface area contributed by atoms with Crippen molar-refractivity contribution in [3.63, 3.8) is 0 Å². The van der Waals surface area contributed by atoms with Crippen LogP contribution in [0.2, 0.25) is 5.02 Å². The average Bonchev–Trinajstić information content (AvgIpc) is 3.06. The Labute approximate surface area is 275 Å². The summed E-state index contributed by atoms with van der Waals surface area (Å²) in [6.45, 7) is 3.24. The molecule has 3 heterocycles. The Balaban J connectivity index is 1.19. The molecular weight excluding hydrogens is 624 g/mol. The zero-order valence-corrected chi connectivity index (χ0v) is 26.4. The summed E-state index contributed by atoms with van der Waals surface area (Å²) < 4.78 is 5.59. The molecule has 2 fully saturated rings. The number of phenols is 2. The number of hydrogen-bond donors (Lipinski definition) is 3. The van der Waals surface area contributed by atoms with Gasteiger partial charge in [-0.1, -0.05) is 41.9 Å². The summed E-state index contributed by atoms with van der Waals surface area (Å²) in [5.41, 5.74) is 2.03. The van der Waals surface area contributed by atoms with Crippen molar-refractivity contribution in [2.75, 3.05) is 37.6 Å². The first-order valence-electron chi connectivity index (χ1n) is 15.6. The van der Waals surface area contributed by atoms with Crippen LogP contribution in [0, 0.1) is 0 Å². The van der Waals surface area contributed by atoms with Crippen LogP contribution in [0.25, 0.3) is 11.0 Å². The number of nitrogens with one attached hydrogen (secondary N) is 1. The van der Waals surface area contributed by atoms with E-state index in [1.54, 1.807) is 29.2 Å². The molecule has 0 aliphatic carbocycles. The lowest BCUT2D eigenvalue weighted by molar-refractivity contribution is -0.134. The molecule has 0 bridgehead atoms. The molecular formula is C35H35ClN4O7. The van der Waals surface area contributed by atoms with E-state index in [-0.39, 0.29) is 40.7 Å². The van der Waals surface area contributed by atoms with Gasteiger partial charge in [-0.3, -0.25) is 19.2 Å². The molecule has 12 heteroatoms. The van der Waals surface area contributed by atoms with Crippen LogP contribution >= 0.6 is 11.6 Å². The summed E-state index contributed by atoms with van der Waals surface area (Å²) in [6, 6.07) is 17.1. The van der Waals surface area contributed by atoms with Gasteiger partial charge in [-0.25, -0.2) is 0 Å². The second-order valence-corrected chi connectivity index (χ2v) is 12.3. The van der Waals surface area contributed by atoms with Gasteiger partial charge in [0.1, 0.15) is 28.5 Å². The Hall–Kier alpha value is -5.03. The lowest BCUT2D eigenvalue weighted by Gasteiger charge is -2.39. The SMILES string of the molecule is O=C(N[C@H](Cc1ccc(Cl)cc1)C(=O)N1CCN(c2ccccc2CN2CCCCC2=O)CC1)c1cc(=O)c2c(O)cc(O)cc2o1. The van der Waals surface area contributed by atoms with E-state index in [1.807, 2.05) is 29.2 Å². The van der Waals surface area contributed by atoms with E-state index in [0.29, 0.717) is 44.2 Å². The quantitative estimate of drug-likeness (QED) is 0.257. The zero-order valence-electron chi connectivity index (χ0n) is 25.7. The van der Waals surface area contributed by atoms with Gasteiger partial charge in [0.05, 0.1) is 0 Å². The maximum absolute atomic E-state index is 14.0. The van der Waals surface area contributed by atoms with E-state index in [1.165, 1.54) is 0 Å². The molecule has 0 spiro atoms. The minimum absolute atomic E-state index is 0.161. The number of amides is 3. The number of rotatable bonds is 8. The molecule has 3 N–H and O–H groups in total. The summed E-state index contributed by atoms with van der Waals surface area (Å²) in [5, 5.41) is 23.1. The van der Waals surface area contributed by atoms with Crippen LogP contribution in [-0.2, 0) is 22.6 Å². The van der Waals surface area contributed by atoms with Crippen molar-refractivity contribution in [3.8, 4) is 11.5 Å². The van der Waals surface area contributed by atoms with Crippen LogP contribution in [0.5, 0.6) is 11.5 Å². The van der Waals surface area contributed by atoms with Gasteiger partial charge in [0, 0.05) is 81.0 Å². The summed E-state index contributed by atoms with van der Waals surface area (Å²) >= 11 is 6.07. The van der Waals surface area contributed by atoms with E-state index >= 15 is 0 Å². The van der Waals surface area contributed by atoms with Crippen LogP contribution in [0.15, 0.2) is 75.9 Å². The van der Waals surface area contributed by atoms with E-state index < -0.39 is 23.1 Å². The van der Waals surface area contributed by atoms with E-state index in [2.05, 4.69) is 10.2 Å². The Morgan fingerprint density at radius 3 is 2.40 bits per heavy atom. The lowest BCUT2D eigenvalue weighted by Crippen LogP contribution is -2.55. The van der Waals surface area contributed by atoms with Crippen molar-refractivity contribution in [3.05, 3.63) is 98.9 Å². The maximum atomic E-state index is 14.0. The van der Waals surface area contributed by atoms with E-state index in [4.69, 9.17) is 16.0 Å². The normalized spacial score (nSPS) is 15.9. The molecule has 1 atom stereocenters. The molecule has 0 unspecified atom stereocenters. The zero-order chi connectivity index (χ0) is 33.1. The first-order chi connectivity index (χ1) is 22.7. The minimum atomic E-state index is -0.994. The number of aromatic hydroxyl groups is 2. The number of halogens is 1. The summed E-state index contributed by atoms with van der Waals surface area (Å²) in [5.74, 6) is -2.09. The highest BCUT2D eigenvalue weighted by atomic mass is 35.5. The largest absolute Gasteiger partial charge is 0.508 e. The number of nitrogens with zero attached hydrogens (tertiary/aromatic N) is 3. The highest BCUT2D eigenvalue weighted by Gasteiger charge is 2.31. The molecule has 2 aliphatic rings. The molecule has 1 aromatic heterocycles. The van der Waals surface area contributed by atoms with E-state index in [9.17, 15) is 29.4 Å². The Bertz CT molecular complexity index is 1870. The fourth-order valence-corrected chi connectivity index (χ4v) is 6.35. The number of carbonyl (C=O) groups excluding carboxylic acids is 3. The standard InChI is InChI=1S/C35H35ClN4O7/c36-24-10-8-22(9-11-24)17-26(37-34(45)31-20-29(43)33-28(42)18-25(41)19-30(33)47-31)35(46)39-15-13-38(14-16-39)27-6-2-1-5-23(27)21-40-12-4-3-7-32(40)44/h1-2,5-6,8-11,18-20,26,41-42H,3-4,7,12-17,21H2,(H,37,45)/t26-/m1/s1. The molecule has 11 nitrogen and oxygen atoms in total. The Kier molecular flexibility index (Phi) is 9.35. The summed E-state index contributed by atoms with van der Waals surface area (Å²) in [4.78, 5) is 58.4. The number of benzene rings is 3. The third kappa shape index (κ3) is 7.20. The van der Waals surface area contributed by atoms with Gasteiger partial charge in [-0.05, 0) is 42.2 Å². The van der Waals surface area contributed by atoms with Crippen molar-refractivity contribution in [2.45, 2.75) is 38.3 Å². The fourth-order valence-electron chi connectivity index (χ4n) is 6.23. The molecule has 2 saturated heterocycles. The van der Waals surface area contributed by atoms with Gasteiger partial charge < -0.3 is 34.6 Å². The maximum Gasteiger partial charge on any atom is 0.287 e. The first kappa shape index (κ1) is 31.9. The van der Waals surface area contributed by atoms with Crippen molar-refractivity contribution in [2.24, 2.45) is 0 Å². The average molecular weight is 659 g/mol. The molecule has 6 rings (SSSR count). The molecule has 4 aromatic rings. The number of carbonyl (C=O) groups is 3. The number of hydrogen-bond acceptors (Lipinski definition) is 8. The second kappa shape index (κ2) is 13.8. The highest BCUT2D eigenvalue weighted by molar-refractivity contribution is 6.30. The third-order valence-corrected chi connectivity index (χ3v) is 8.93. The van der Waals surface area contributed by atoms with Crippen molar-refractivity contribution in [1.82, 2.24) is 15.1 Å². The molecule has 2 aliphatic heterocycles. The summed E-state index contributed by atoms with van der Waals surface area (Å²) in [7, 11) is 0. The van der Waals surface area contributed by atoms with Crippen LogP contribution in [-0.4, -0.2) is 76.5 Å². The highest BCUT2D eigenvalue weighted by Crippen LogP contribution is 2.28. The third-order valence-electron chi connectivity index (χ3n) is 8.68. The predicted molar refractivity (Wildman–Crippen MR) is 177 cm³/mol. The molecule has 0 radical (unpaired) electrons. The van der Waals surface area contributed by atoms with Gasteiger partial charge in [-0.15, -0.1) is 0 Å². The molecule has 3 aromatic carbocycles. The Morgan fingerprint density at radius 1 is 0.915 bits per heavy atom. The predicted octanol–water partition coefficient (Wildman–Crippen LogP) is 4.06. The van der Waals surface area contributed by atoms with Gasteiger partial charge >= 0.3 is 0 Å². The van der Waals surface area contributed by atoms with Crippen LogP contribution in [0.3, 0.4) is 0 Å². The van der Waals surface area contributed by atoms with Gasteiger partial charge in [0.2, 0.25) is 11.8 Å². The number of piperidine rings is 1. The number of para-hydroxylation sites is 1. The number of anilines is 1. The van der Waals surface area contributed by atoms with Crippen LogP contribution in [0.1, 0.15) is 40.9 Å². The van der Waals surface area contributed by atoms with Gasteiger partial charge in [-0.2, -0.15) is 0 Å². The number of fused-ring (bicyclic) bond motifs is 1. The van der Waals surface area contributed by atoms with E-state index in [0.717, 1.165) is 54.4 Å². The minimum Gasteiger partial charge on any atom is -0.508 e. The second-order valence-electron chi connectivity index (χ2n) is 11.9. The molecule has 3 amide bonds. The number of likely N-dealkylation sites (tertiary alicyclic amines) is 1. The number of piperazine rings is 1. The van der Waals surface area contributed by atoms with Crippen molar-refractivity contribution in [1.29, 1.82) is 0 Å². The molecule has 47 heavy (non-hydrogen) atoms.